The summed E-state index contributed by atoms with van der Waals surface area (Å²) in [5, 5.41) is 5.93. The van der Waals surface area contributed by atoms with Crippen molar-refractivity contribution in [3.8, 4) is 0 Å². The highest BCUT2D eigenvalue weighted by Gasteiger charge is 2.58. The minimum atomic E-state index is -3.92. The maximum atomic E-state index is 13.7. The number of hydrogen-bond acceptors (Lipinski definition) is 6. The molecule has 3 N–H and O–H groups in total. The Morgan fingerprint density at radius 3 is 2.39 bits per heavy atom. The molecule has 0 radical (unpaired) electrons. The Hall–Kier alpha value is -2.53. The molecule has 3 aromatic rings. The van der Waals surface area contributed by atoms with Crippen LogP contribution in [0.25, 0.3) is 10.8 Å². The maximum absolute atomic E-state index is 13.7. The summed E-state index contributed by atoms with van der Waals surface area (Å²) >= 11 is 6.08. The first-order valence-corrected chi connectivity index (χ1v) is 14.8. The van der Waals surface area contributed by atoms with Gasteiger partial charge in [0.15, 0.2) is 0 Å². The van der Waals surface area contributed by atoms with E-state index in [2.05, 4.69) is 34.5 Å². The van der Waals surface area contributed by atoms with E-state index < -0.39 is 15.7 Å². The fraction of sp³-hybridized carbons (Fsp3) is 0.393. The van der Waals surface area contributed by atoms with Crippen molar-refractivity contribution in [2.24, 2.45) is 5.73 Å². The van der Waals surface area contributed by atoms with E-state index in [1.54, 1.807) is 41.3 Å². The van der Waals surface area contributed by atoms with Crippen molar-refractivity contribution >= 4 is 38.3 Å². The van der Waals surface area contributed by atoms with Crippen molar-refractivity contribution in [1.82, 2.24) is 19.4 Å². The van der Waals surface area contributed by atoms with E-state index in [4.69, 9.17) is 17.3 Å². The van der Waals surface area contributed by atoms with Gasteiger partial charge in [-0.1, -0.05) is 54.1 Å². The smallest absolute Gasteiger partial charge is 0.243 e. The van der Waals surface area contributed by atoms with E-state index in [9.17, 15) is 13.2 Å². The number of sulfonamides is 1. The van der Waals surface area contributed by atoms with Gasteiger partial charge in [-0.15, -0.1) is 0 Å². The number of benzene rings is 3. The van der Waals surface area contributed by atoms with Crippen LogP contribution in [0.2, 0.25) is 5.02 Å². The Morgan fingerprint density at radius 1 is 0.947 bits per heavy atom. The molecular weight excluding hydrogens is 522 g/mol. The summed E-state index contributed by atoms with van der Waals surface area (Å²) in [7, 11) is -3.92. The number of piperazine rings is 1. The molecule has 0 bridgehead atoms. The number of nitrogens with two attached hydrogens (primary N) is 1. The molecule has 0 aliphatic carbocycles. The molecule has 3 aliphatic rings. The van der Waals surface area contributed by atoms with Crippen molar-refractivity contribution in [2.75, 3.05) is 39.3 Å². The van der Waals surface area contributed by atoms with Gasteiger partial charge in [0.25, 0.3) is 0 Å². The van der Waals surface area contributed by atoms with Crippen molar-refractivity contribution in [3.63, 3.8) is 0 Å². The topological polar surface area (TPSA) is 99.0 Å². The van der Waals surface area contributed by atoms with Gasteiger partial charge in [-0.3, -0.25) is 15.0 Å². The van der Waals surface area contributed by atoms with Crippen LogP contribution in [0, 0.1) is 0 Å². The predicted molar refractivity (Wildman–Crippen MR) is 148 cm³/mol. The van der Waals surface area contributed by atoms with Crippen LogP contribution >= 0.6 is 11.6 Å². The highest BCUT2D eigenvalue weighted by Crippen LogP contribution is 2.38. The van der Waals surface area contributed by atoms with Crippen LogP contribution in [0.5, 0.6) is 0 Å². The Morgan fingerprint density at radius 2 is 1.66 bits per heavy atom. The molecule has 1 unspecified atom stereocenters. The molecule has 8 nitrogen and oxygen atoms in total. The molecule has 3 aromatic carbocycles. The van der Waals surface area contributed by atoms with Gasteiger partial charge < -0.3 is 10.6 Å². The minimum Gasteiger partial charge on any atom is -0.327 e. The van der Waals surface area contributed by atoms with Crippen molar-refractivity contribution < 1.29 is 13.2 Å². The van der Waals surface area contributed by atoms with Crippen LogP contribution in [-0.2, 0) is 21.4 Å². The lowest BCUT2D eigenvalue weighted by molar-refractivity contribution is -0.140. The van der Waals surface area contributed by atoms with Crippen LogP contribution in [0.15, 0.2) is 71.6 Å². The third kappa shape index (κ3) is 4.51. The third-order valence-electron chi connectivity index (χ3n) is 8.34. The maximum Gasteiger partial charge on any atom is 0.243 e. The van der Waals surface area contributed by atoms with Crippen LogP contribution in [0.4, 0.5) is 0 Å². The second kappa shape index (κ2) is 9.59. The predicted octanol–water partition coefficient (Wildman–Crippen LogP) is 2.62. The lowest BCUT2D eigenvalue weighted by atomic mass is 9.88. The number of fused-ring (bicyclic) bond motifs is 2. The zero-order valence-electron chi connectivity index (χ0n) is 21.1. The zero-order chi connectivity index (χ0) is 26.5. The summed E-state index contributed by atoms with van der Waals surface area (Å²) in [6.45, 7) is 3.29. The van der Waals surface area contributed by atoms with Crippen molar-refractivity contribution in [1.29, 1.82) is 0 Å². The molecule has 10 heteroatoms. The molecule has 3 heterocycles. The van der Waals surface area contributed by atoms with E-state index in [1.807, 2.05) is 6.07 Å². The number of piperidine rings is 1. The van der Waals surface area contributed by atoms with E-state index in [0.717, 1.165) is 43.2 Å². The fourth-order valence-corrected chi connectivity index (χ4v) is 7.91. The van der Waals surface area contributed by atoms with Gasteiger partial charge in [0.05, 0.1) is 18.0 Å². The first-order valence-electron chi connectivity index (χ1n) is 13.0. The molecule has 3 fully saturated rings. The molecule has 6 rings (SSSR count). The van der Waals surface area contributed by atoms with E-state index >= 15 is 0 Å². The Labute approximate surface area is 228 Å². The fourth-order valence-electron chi connectivity index (χ4n) is 6.25. The number of nitrogens with one attached hydrogen (secondary N) is 1. The van der Waals surface area contributed by atoms with Gasteiger partial charge in [-0.05, 0) is 53.4 Å². The number of amides is 1. The van der Waals surface area contributed by atoms with Gasteiger partial charge in [-0.25, -0.2) is 8.42 Å². The average molecular weight is 554 g/mol. The van der Waals surface area contributed by atoms with Gasteiger partial charge in [0.2, 0.25) is 15.9 Å². The standard InChI is InChI=1S/C28H32ClN5O3S/c29-24-8-6-23-15-25(9-7-22(23)14-24)38(36,37)33-17-26(35)34-19-27(31-28(34,18-30)20-33)10-12-32(13-11-27)16-21-4-2-1-3-5-21/h1-9,14-15,31H,10-13,16-20,30H2. The highest BCUT2D eigenvalue weighted by atomic mass is 35.5. The van der Waals surface area contributed by atoms with Crippen LogP contribution in [0.3, 0.4) is 0 Å². The number of rotatable bonds is 5. The molecule has 38 heavy (non-hydrogen) atoms. The molecular formula is C28H32ClN5O3S. The number of halogens is 1. The Balaban J connectivity index is 1.21. The lowest BCUT2D eigenvalue weighted by Crippen LogP contribution is -2.71. The summed E-state index contributed by atoms with van der Waals surface area (Å²) in [6.07, 6.45) is 1.73. The van der Waals surface area contributed by atoms with Gasteiger partial charge >= 0.3 is 0 Å². The quantitative estimate of drug-likeness (QED) is 0.504. The van der Waals surface area contributed by atoms with E-state index in [0.29, 0.717) is 11.6 Å². The summed E-state index contributed by atoms with van der Waals surface area (Å²) in [5.74, 6) is -0.214. The second-order valence-corrected chi connectivity index (χ2v) is 13.2. The molecule has 1 amide bonds. The average Bonchev–Trinajstić information content (AvgIpc) is 3.25. The largest absolute Gasteiger partial charge is 0.327 e. The zero-order valence-corrected chi connectivity index (χ0v) is 22.7. The van der Waals surface area contributed by atoms with E-state index in [1.165, 1.54) is 9.87 Å². The summed E-state index contributed by atoms with van der Waals surface area (Å²) in [4.78, 5) is 17.8. The molecule has 0 aromatic heterocycles. The SMILES string of the molecule is NCC12CN(S(=O)(=O)c3ccc4cc(Cl)ccc4c3)CC(=O)N1CC1(CCN(Cc3ccccc3)CC1)N2. The summed E-state index contributed by atoms with van der Waals surface area (Å²) in [5.41, 5.74) is 6.38. The Bertz CT molecular complexity index is 1480. The number of hydrogen-bond donors (Lipinski definition) is 2. The molecule has 3 aliphatic heterocycles. The summed E-state index contributed by atoms with van der Waals surface area (Å²) < 4.78 is 28.7. The number of nitrogens with zero attached hydrogens (tertiary/aromatic N) is 3. The first kappa shape index (κ1) is 25.7. The monoisotopic (exact) mass is 553 g/mol. The molecule has 200 valence electrons. The third-order valence-corrected chi connectivity index (χ3v) is 10.4. The first-order chi connectivity index (χ1) is 18.2. The van der Waals surface area contributed by atoms with Gasteiger partial charge in [0, 0.05) is 43.3 Å². The number of carbonyl (C=O) groups is 1. The van der Waals surface area contributed by atoms with Gasteiger partial charge in [0.1, 0.15) is 5.66 Å². The number of carbonyl (C=O) groups excluding carboxylic acids is 1. The summed E-state index contributed by atoms with van der Waals surface area (Å²) in [6, 6.07) is 20.7. The van der Waals surface area contributed by atoms with Crippen molar-refractivity contribution in [3.05, 3.63) is 77.3 Å². The molecule has 1 atom stereocenters. The van der Waals surface area contributed by atoms with E-state index in [-0.39, 0.29) is 36.0 Å². The molecule has 0 saturated carbocycles. The normalized spacial score (nSPS) is 24.3. The van der Waals surface area contributed by atoms with Gasteiger partial charge in [-0.2, -0.15) is 4.31 Å². The highest BCUT2D eigenvalue weighted by molar-refractivity contribution is 7.89. The lowest BCUT2D eigenvalue weighted by Gasteiger charge is -2.45. The Kier molecular flexibility index (Phi) is 6.49. The van der Waals surface area contributed by atoms with Crippen LogP contribution in [-0.4, -0.2) is 78.9 Å². The van der Waals surface area contributed by atoms with Crippen LogP contribution < -0.4 is 11.1 Å². The van der Waals surface area contributed by atoms with Crippen LogP contribution in [0.1, 0.15) is 18.4 Å². The molecule has 3 saturated heterocycles. The second-order valence-electron chi connectivity index (χ2n) is 10.8. The molecule has 1 spiro atoms. The minimum absolute atomic E-state index is 0.117. The van der Waals surface area contributed by atoms with Crippen molar-refractivity contribution in [2.45, 2.75) is 35.5 Å². The number of likely N-dealkylation sites (tertiary alicyclic amines) is 1.